The van der Waals surface area contributed by atoms with Crippen LogP contribution in [0.3, 0.4) is 0 Å². The van der Waals surface area contributed by atoms with E-state index in [1.54, 1.807) is 6.92 Å². The number of aliphatic hydroxyl groups is 1. The highest BCUT2D eigenvalue weighted by Gasteiger charge is 2.57. The molecule has 186 valence electrons. The SMILES string of the molecule is CCOC(=O)C(O)=C1CC2C3CCc4cc(O[Si](C)(C)C(C)(C)C)ccc4C3CC[C@]2(C)C1=O. The van der Waals surface area contributed by atoms with Crippen molar-refractivity contribution in [1.82, 2.24) is 0 Å². The van der Waals surface area contributed by atoms with Crippen LogP contribution in [0.1, 0.15) is 77.3 Å². The third-order valence-electron chi connectivity index (χ3n) is 9.24. The molecule has 0 aliphatic heterocycles. The molecule has 0 spiro atoms. The average molecular weight is 485 g/mol. The third-order valence-corrected chi connectivity index (χ3v) is 13.6. The Morgan fingerprint density at radius 2 is 1.94 bits per heavy atom. The lowest BCUT2D eigenvalue weighted by molar-refractivity contribution is -0.142. The van der Waals surface area contributed by atoms with Crippen LogP contribution in [-0.4, -0.2) is 31.8 Å². The number of hydrogen-bond acceptors (Lipinski definition) is 5. The number of ketones is 1. The molecule has 1 N–H and O–H groups in total. The Kier molecular flexibility index (Phi) is 6.29. The summed E-state index contributed by atoms with van der Waals surface area (Å²) in [4.78, 5) is 25.5. The summed E-state index contributed by atoms with van der Waals surface area (Å²) in [7, 11) is -1.90. The second-order valence-electron chi connectivity index (χ2n) is 12.2. The average Bonchev–Trinajstić information content (AvgIpc) is 3.03. The summed E-state index contributed by atoms with van der Waals surface area (Å²) in [5, 5.41) is 10.6. The lowest BCUT2D eigenvalue weighted by Gasteiger charge is -2.48. The van der Waals surface area contributed by atoms with Gasteiger partial charge in [-0.05, 0) is 98.2 Å². The predicted octanol–water partition coefficient (Wildman–Crippen LogP) is 6.48. The zero-order valence-corrected chi connectivity index (χ0v) is 22.8. The van der Waals surface area contributed by atoms with Gasteiger partial charge in [-0.1, -0.05) is 33.8 Å². The quantitative estimate of drug-likeness (QED) is 0.229. The number of rotatable bonds is 4. The van der Waals surface area contributed by atoms with Gasteiger partial charge >= 0.3 is 5.97 Å². The maximum atomic E-state index is 13.4. The van der Waals surface area contributed by atoms with Gasteiger partial charge in [-0.25, -0.2) is 4.79 Å². The topological polar surface area (TPSA) is 72.8 Å². The molecule has 0 bridgehead atoms. The highest BCUT2D eigenvalue weighted by Crippen LogP contribution is 2.61. The number of allylic oxidation sites excluding steroid dienone is 1. The maximum Gasteiger partial charge on any atom is 0.373 e. The molecule has 3 aliphatic rings. The Balaban J connectivity index is 1.60. The molecule has 0 amide bonds. The summed E-state index contributed by atoms with van der Waals surface area (Å²) >= 11 is 0. The van der Waals surface area contributed by atoms with Crippen molar-refractivity contribution >= 4 is 20.1 Å². The highest BCUT2D eigenvalue weighted by molar-refractivity contribution is 6.74. The number of aliphatic hydroxyl groups excluding tert-OH is 1. The molecule has 1 aromatic rings. The summed E-state index contributed by atoms with van der Waals surface area (Å²) in [6.07, 6.45) is 4.17. The summed E-state index contributed by atoms with van der Waals surface area (Å²) in [6.45, 7) is 15.2. The highest BCUT2D eigenvalue weighted by atomic mass is 28.4. The van der Waals surface area contributed by atoms with E-state index >= 15 is 0 Å². The van der Waals surface area contributed by atoms with Crippen LogP contribution in [0.2, 0.25) is 18.1 Å². The fourth-order valence-corrected chi connectivity index (χ4v) is 7.26. The van der Waals surface area contributed by atoms with Crippen LogP contribution in [0.15, 0.2) is 29.5 Å². The monoisotopic (exact) mass is 484 g/mol. The molecule has 2 saturated carbocycles. The van der Waals surface area contributed by atoms with E-state index in [9.17, 15) is 14.7 Å². The van der Waals surface area contributed by atoms with Gasteiger partial charge in [-0.15, -0.1) is 0 Å². The number of fused-ring (bicyclic) bond motifs is 5. The van der Waals surface area contributed by atoms with Gasteiger partial charge in [0.15, 0.2) is 5.78 Å². The van der Waals surface area contributed by atoms with Crippen molar-refractivity contribution in [3.63, 3.8) is 0 Å². The molecule has 3 unspecified atom stereocenters. The van der Waals surface area contributed by atoms with Gasteiger partial charge in [0.1, 0.15) is 5.75 Å². The molecule has 0 radical (unpaired) electrons. The summed E-state index contributed by atoms with van der Waals surface area (Å²) < 4.78 is 11.5. The number of ether oxygens (including phenoxy) is 1. The van der Waals surface area contributed by atoms with Crippen LogP contribution < -0.4 is 4.43 Å². The molecule has 3 aliphatic carbocycles. The van der Waals surface area contributed by atoms with Crippen molar-refractivity contribution in [2.75, 3.05) is 6.61 Å². The molecule has 2 fully saturated rings. The Morgan fingerprint density at radius 3 is 2.59 bits per heavy atom. The fraction of sp³-hybridized carbons (Fsp3) is 0.643. The van der Waals surface area contributed by atoms with Crippen LogP contribution in [0.25, 0.3) is 0 Å². The second kappa shape index (κ2) is 8.54. The number of benzene rings is 1. The molecular weight excluding hydrogens is 444 g/mol. The second-order valence-corrected chi connectivity index (χ2v) is 16.9. The normalized spacial score (nSPS) is 30.2. The maximum absolute atomic E-state index is 13.4. The minimum atomic E-state index is -1.90. The number of carbonyl (C=O) groups excluding carboxylic acids is 2. The minimum Gasteiger partial charge on any atom is -0.543 e. The van der Waals surface area contributed by atoms with Crippen molar-refractivity contribution in [2.45, 2.75) is 90.8 Å². The van der Waals surface area contributed by atoms with E-state index in [1.165, 1.54) is 11.1 Å². The molecule has 4 atom stereocenters. The van der Waals surface area contributed by atoms with E-state index in [0.29, 0.717) is 18.3 Å². The van der Waals surface area contributed by atoms with E-state index < -0.39 is 25.5 Å². The Labute approximate surface area is 205 Å². The van der Waals surface area contributed by atoms with Gasteiger partial charge in [0, 0.05) is 11.0 Å². The first-order valence-electron chi connectivity index (χ1n) is 12.8. The number of hydrogen-bond donors (Lipinski definition) is 1. The van der Waals surface area contributed by atoms with Crippen LogP contribution >= 0.6 is 0 Å². The molecule has 0 heterocycles. The Morgan fingerprint density at radius 1 is 1.24 bits per heavy atom. The third kappa shape index (κ3) is 4.02. The van der Waals surface area contributed by atoms with E-state index in [1.807, 2.05) is 6.92 Å². The summed E-state index contributed by atoms with van der Waals surface area (Å²) in [5.74, 6) is 0.558. The lowest BCUT2D eigenvalue weighted by Crippen LogP contribution is -2.44. The summed E-state index contributed by atoms with van der Waals surface area (Å²) in [5.41, 5.74) is 2.52. The van der Waals surface area contributed by atoms with Crippen LogP contribution in [0.5, 0.6) is 5.75 Å². The lowest BCUT2D eigenvalue weighted by atomic mass is 9.55. The standard InChI is InChI=1S/C28H40O5Si/c1-8-32-26(31)24(29)22-16-23-21-11-9-17-15-18(33-34(6,7)27(2,3)4)10-12-19(17)20(21)13-14-28(23,5)25(22)30/h10,12,15,20-21,23,29H,8-9,11,13-14,16H2,1-7H3/t20?,21?,23?,28-/m0/s1. The molecular formula is C28H40O5Si. The Hall–Kier alpha value is -2.08. The van der Waals surface area contributed by atoms with Gasteiger partial charge in [0.2, 0.25) is 14.1 Å². The zero-order chi connectivity index (χ0) is 25.1. The molecule has 5 nitrogen and oxygen atoms in total. The van der Waals surface area contributed by atoms with E-state index in [2.05, 4.69) is 52.1 Å². The number of esters is 1. The molecule has 6 heteroatoms. The first-order valence-corrected chi connectivity index (χ1v) is 15.7. The van der Waals surface area contributed by atoms with E-state index in [-0.39, 0.29) is 28.9 Å². The van der Waals surface area contributed by atoms with Crippen molar-refractivity contribution in [1.29, 1.82) is 0 Å². The molecule has 0 aromatic heterocycles. The van der Waals surface area contributed by atoms with E-state index in [4.69, 9.17) is 9.16 Å². The summed E-state index contributed by atoms with van der Waals surface area (Å²) in [6, 6.07) is 6.63. The first kappa shape index (κ1) is 25.0. The van der Waals surface area contributed by atoms with Crippen molar-refractivity contribution < 1.29 is 23.9 Å². The van der Waals surface area contributed by atoms with Crippen molar-refractivity contribution in [3.05, 3.63) is 40.7 Å². The Bertz CT molecular complexity index is 1030. The van der Waals surface area contributed by atoms with Gasteiger partial charge in [-0.3, -0.25) is 4.79 Å². The van der Waals surface area contributed by atoms with Crippen LogP contribution in [0, 0.1) is 17.3 Å². The molecule has 0 saturated heterocycles. The smallest absolute Gasteiger partial charge is 0.373 e. The van der Waals surface area contributed by atoms with Gasteiger partial charge < -0.3 is 14.3 Å². The molecule has 34 heavy (non-hydrogen) atoms. The first-order chi connectivity index (χ1) is 15.8. The number of Topliss-reactive ketones (excluding diaryl/α,β-unsaturated/α-hetero) is 1. The molecule has 4 rings (SSSR count). The van der Waals surface area contributed by atoms with Gasteiger partial charge in [0.05, 0.1) is 6.61 Å². The van der Waals surface area contributed by atoms with Crippen LogP contribution in [-0.2, 0) is 20.7 Å². The van der Waals surface area contributed by atoms with E-state index in [0.717, 1.165) is 31.4 Å². The molecule has 1 aromatic carbocycles. The number of aryl methyl sites for hydroxylation is 1. The van der Waals surface area contributed by atoms with Crippen molar-refractivity contribution in [3.8, 4) is 5.75 Å². The predicted molar refractivity (Wildman–Crippen MR) is 136 cm³/mol. The zero-order valence-electron chi connectivity index (χ0n) is 21.8. The van der Waals surface area contributed by atoms with Crippen molar-refractivity contribution in [2.24, 2.45) is 17.3 Å². The minimum absolute atomic E-state index is 0.0644. The number of carbonyl (C=O) groups is 2. The largest absolute Gasteiger partial charge is 0.543 e. The van der Waals surface area contributed by atoms with Crippen LogP contribution in [0.4, 0.5) is 0 Å². The fourth-order valence-electron chi connectivity index (χ4n) is 6.23. The van der Waals surface area contributed by atoms with Gasteiger partial charge in [0.25, 0.3) is 0 Å². The van der Waals surface area contributed by atoms with Gasteiger partial charge in [-0.2, -0.15) is 0 Å².